The van der Waals surface area contributed by atoms with Crippen molar-refractivity contribution in [1.82, 2.24) is 25.4 Å². The molecule has 1 aliphatic carbocycles. The van der Waals surface area contributed by atoms with Crippen molar-refractivity contribution in [2.75, 3.05) is 0 Å². The van der Waals surface area contributed by atoms with Crippen LogP contribution in [0.1, 0.15) is 25.3 Å². The van der Waals surface area contributed by atoms with Gasteiger partial charge in [-0.05, 0) is 51.0 Å². The molecule has 31 heavy (non-hydrogen) atoms. The Morgan fingerprint density at radius 1 is 1.13 bits per heavy atom. The van der Waals surface area contributed by atoms with Gasteiger partial charge in [0.2, 0.25) is 5.91 Å². The Bertz CT molecular complexity index is 1110. The number of urea groups is 1. The molecule has 1 heterocycles. The molecule has 3 aromatic rings. The number of aryl methyl sites for hydroxylation is 1. The molecule has 0 spiro atoms. The Kier molecular flexibility index (Phi) is 6.03. The minimum atomic E-state index is -0.619. The van der Waals surface area contributed by atoms with Gasteiger partial charge in [0.05, 0.1) is 10.8 Å². The molecule has 0 saturated heterocycles. The molecule has 3 amide bonds. The quantitative estimate of drug-likeness (QED) is 0.570. The zero-order valence-corrected chi connectivity index (χ0v) is 17.9. The van der Waals surface area contributed by atoms with E-state index >= 15 is 0 Å². The van der Waals surface area contributed by atoms with Gasteiger partial charge in [0, 0.05) is 11.7 Å². The Balaban J connectivity index is 1.62. The van der Waals surface area contributed by atoms with Crippen molar-refractivity contribution in [3.05, 3.63) is 59.9 Å². The Morgan fingerprint density at radius 3 is 2.52 bits per heavy atom. The molecule has 1 fully saturated rings. The predicted octanol–water partition coefficient (Wildman–Crippen LogP) is 3.85. The molecule has 1 atom stereocenters. The number of benzene rings is 2. The van der Waals surface area contributed by atoms with Crippen LogP contribution in [0.4, 0.5) is 9.18 Å². The summed E-state index contributed by atoms with van der Waals surface area (Å²) in [5, 5.41) is 13.3. The van der Waals surface area contributed by atoms with Gasteiger partial charge in [-0.1, -0.05) is 41.6 Å². The first-order chi connectivity index (χ1) is 14.9. The van der Waals surface area contributed by atoms with E-state index in [1.165, 1.54) is 6.07 Å². The number of carbonyl (C=O) groups is 2. The van der Waals surface area contributed by atoms with E-state index in [-0.39, 0.29) is 6.04 Å². The van der Waals surface area contributed by atoms with Crippen molar-refractivity contribution in [3.63, 3.8) is 0 Å². The molecule has 2 N–H and O–H groups in total. The second-order valence-electron chi connectivity index (χ2n) is 7.45. The number of hydrogen-bond acceptors (Lipinski definition) is 5. The van der Waals surface area contributed by atoms with Gasteiger partial charge < -0.3 is 5.32 Å². The van der Waals surface area contributed by atoms with Crippen molar-refractivity contribution in [2.45, 2.75) is 43.1 Å². The average Bonchev–Trinajstić information content (AvgIpc) is 3.46. The van der Waals surface area contributed by atoms with E-state index in [9.17, 15) is 14.0 Å². The smallest absolute Gasteiger partial charge is 0.321 e. The number of imide groups is 1. The number of aromatic nitrogens is 3. The normalized spacial score (nSPS) is 14.2. The van der Waals surface area contributed by atoms with Gasteiger partial charge in [0.1, 0.15) is 5.82 Å². The molecule has 4 rings (SSSR count). The summed E-state index contributed by atoms with van der Waals surface area (Å²) in [6.45, 7) is 3.66. The third-order valence-electron chi connectivity index (χ3n) is 4.84. The van der Waals surface area contributed by atoms with Crippen LogP contribution in [0.5, 0.6) is 0 Å². The Hall–Kier alpha value is -3.20. The van der Waals surface area contributed by atoms with Crippen LogP contribution in [-0.2, 0) is 4.79 Å². The summed E-state index contributed by atoms with van der Waals surface area (Å²) >= 11 is 1.15. The van der Waals surface area contributed by atoms with Gasteiger partial charge in [-0.2, -0.15) is 0 Å². The van der Waals surface area contributed by atoms with Crippen molar-refractivity contribution in [1.29, 1.82) is 0 Å². The minimum absolute atomic E-state index is 0.156. The van der Waals surface area contributed by atoms with E-state index < -0.39 is 23.0 Å². The summed E-state index contributed by atoms with van der Waals surface area (Å²) in [4.78, 5) is 24.4. The first-order valence-electron chi connectivity index (χ1n) is 9.98. The highest BCUT2D eigenvalue weighted by Gasteiger charge is 2.27. The van der Waals surface area contributed by atoms with E-state index in [0.29, 0.717) is 16.5 Å². The molecule has 1 aromatic heterocycles. The number of halogens is 1. The topological polar surface area (TPSA) is 88.9 Å². The number of carbonyl (C=O) groups excluding carboxylic acids is 2. The predicted molar refractivity (Wildman–Crippen MR) is 117 cm³/mol. The highest BCUT2D eigenvalue weighted by molar-refractivity contribution is 8.00. The molecule has 1 unspecified atom stereocenters. The largest absolute Gasteiger partial charge is 0.335 e. The van der Waals surface area contributed by atoms with Crippen LogP contribution in [0.2, 0.25) is 0 Å². The van der Waals surface area contributed by atoms with Crippen LogP contribution in [0, 0.1) is 12.7 Å². The highest BCUT2D eigenvalue weighted by Crippen LogP contribution is 2.31. The Labute approximate surface area is 183 Å². The van der Waals surface area contributed by atoms with Crippen molar-refractivity contribution in [2.24, 2.45) is 0 Å². The number of rotatable bonds is 6. The first-order valence-corrected chi connectivity index (χ1v) is 10.9. The van der Waals surface area contributed by atoms with Crippen LogP contribution in [-0.4, -0.2) is 38.0 Å². The molecule has 0 bridgehead atoms. The van der Waals surface area contributed by atoms with E-state index in [1.807, 2.05) is 31.2 Å². The zero-order chi connectivity index (χ0) is 22.0. The van der Waals surface area contributed by atoms with E-state index in [0.717, 1.165) is 35.9 Å². The van der Waals surface area contributed by atoms with Crippen LogP contribution in [0.15, 0.2) is 53.7 Å². The summed E-state index contributed by atoms with van der Waals surface area (Å²) in [6.07, 6.45) is 1.87. The first kappa shape index (κ1) is 21.0. The lowest BCUT2D eigenvalue weighted by atomic mass is 10.2. The van der Waals surface area contributed by atoms with Gasteiger partial charge in [0.15, 0.2) is 11.0 Å². The SMILES string of the molecule is Cc1ccc(-n2c(SC(C)C(=O)NC(=O)NC3CC3)nnc2-c2ccccc2F)cc1. The van der Waals surface area contributed by atoms with Gasteiger partial charge in [-0.25, -0.2) is 9.18 Å². The molecular weight excluding hydrogens is 417 g/mol. The van der Waals surface area contributed by atoms with Gasteiger partial charge >= 0.3 is 6.03 Å². The number of amides is 3. The second kappa shape index (κ2) is 8.89. The summed E-state index contributed by atoms with van der Waals surface area (Å²) in [5.74, 6) is -0.514. The molecule has 9 heteroatoms. The molecule has 0 radical (unpaired) electrons. The monoisotopic (exact) mass is 439 g/mol. The van der Waals surface area contributed by atoms with Gasteiger partial charge in [-0.3, -0.25) is 14.7 Å². The molecule has 1 aliphatic rings. The van der Waals surface area contributed by atoms with Crippen molar-refractivity contribution >= 4 is 23.7 Å². The maximum atomic E-state index is 14.5. The van der Waals surface area contributed by atoms with Crippen LogP contribution in [0.25, 0.3) is 17.1 Å². The number of nitrogens with zero attached hydrogens (tertiary/aromatic N) is 3. The summed E-state index contributed by atoms with van der Waals surface area (Å²) in [5.41, 5.74) is 2.13. The molecular formula is C22H22FN5O2S. The fourth-order valence-electron chi connectivity index (χ4n) is 2.96. The Morgan fingerprint density at radius 2 is 1.84 bits per heavy atom. The van der Waals surface area contributed by atoms with Crippen molar-refractivity contribution < 1.29 is 14.0 Å². The molecule has 2 aromatic carbocycles. The lowest BCUT2D eigenvalue weighted by Crippen LogP contribution is -2.43. The fourth-order valence-corrected chi connectivity index (χ4v) is 3.83. The summed E-state index contributed by atoms with van der Waals surface area (Å²) in [7, 11) is 0. The maximum absolute atomic E-state index is 14.5. The molecule has 160 valence electrons. The van der Waals surface area contributed by atoms with Gasteiger partial charge in [-0.15, -0.1) is 10.2 Å². The van der Waals surface area contributed by atoms with Crippen LogP contribution in [0.3, 0.4) is 0 Å². The average molecular weight is 440 g/mol. The lowest BCUT2D eigenvalue weighted by molar-refractivity contribution is -0.119. The zero-order valence-electron chi connectivity index (χ0n) is 17.1. The molecule has 7 nitrogen and oxygen atoms in total. The number of thioether (sulfide) groups is 1. The van der Waals surface area contributed by atoms with Crippen molar-refractivity contribution in [3.8, 4) is 17.1 Å². The fraction of sp³-hybridized carbons (Fsp3) is 0.273. The van der Waals surface area contributed by atoms with E-state index in [2.05, 4.69) is 20.8 Å². The molecule has 0 aliphatic heterocycles. The minimum Gasteiger partial charge on any atom is -0.335 e. The second-order valence-corrected chi connectivity index (χ2v) is 8.76. The highest BCUT2D eigenvalue weighted by atomic mass is 32.2. The lowest BCUT2D eigenvalue weighted by Gasteiger charge is -2.14. The van der Waals surface area contributed by atoms with E-state index in [1.54, 1.807) is 29.7 Å². The standard InChI is InChI=1S/C22H22FN5O2S/c1-13-7-11-16(12-8-13)28-19(17-5-3-4-6-18(17)23)26-27-22(28)31-14(2)20(29)25-21(30)24-15-9-10-15/h3-8,11-12,14-15H,9-10H2,1-2H3,(H2,24,25,29,30). The maximum Gasteiger partial charge on any atom is 0.321 e. The van der Waals surface area contributed by atoms with Crippen LogP contribution < -0.4 is 10.6 Å². The summed E-state index contributed by atoms with van der Waals surface area (Å²) in [6, 6.07) is 13.7. The third-order valence-corrected chi connectivity index (χ3v) is 5.88. The number of hydrogen-bond donors (Lipinski definition) is 2. The van der Waals surface area contributed by atoms with Crippen LogP contribution >= 0.6 is 11.8 Å². The summed E-state index contributed by atoms with van der Waals surface area (Å²) < 4.78 is 16.2. The van der Waals surface area contributed by atoms with Gasteiger partial charge in [0.25, 0.3) is 0 Å². The van der Waals surface area contributed by atoms with E-state index in [4.69, 9.17) is 0 Å². The number of nitrogens with one attached hydrogen (secondary N) is 2. The third kappa shape index (κ3) is 4.93. The molecule has 1 saturated carbocycles.